The van der Waals surface area contributed by atoms with Gasteiger partial charge in [0.1, 0.15) is 24.2 Å². The SMILES string of the molecule is OC(COc1cccc(C(F)(F)F)c1)c1ccc(Cl)o1. The Kier molecular flexibility index (Phi) is 4.25. The number of halogens is 4. The summed E-state index contributed by atoms with van der Waals surface area (Å²) in [5.74, 6) is 0.193. The van der Waals surface area contributed by atoms with Crippen molar-refractivity contribution in [2.24, 2.45) is 0 Å². The van der Waals surface area contributed by atoms with Gasteiger partial charge in [0, 0.05) is 0 Å². The van der Waals surface area contributed by atoms with Crippen LogP contribution in [-0.4, -0.2) is 11.7 Å². The molecule has 2 aromatic rings. The maximum Gasteiger partial charge on any atom is 0.416 e. The Hall–Kier alpha value is -1.66. The highest BCUT2D eigenvalue weighted by Gasteiger charge is 2.30. The Bertz CT molecular complexity index is 580. The molecule has 20 heavy (non-hydrogen) atoms. The lowest BCUT2D eigenvalue weighted by molar-refractivity contribution is -0.137. The maximum absolute atomic E-state index is 12.5. The standard InChI is InChI=1S/C13H10ClF3O3/c14-12-5-4-11(20-12)10(18)7-19-9-3-1-2-8(6-9)13(15,16)17/h1-6,10,18H,7H2. The number of furan rings is 1. The molecule has 1 aromatic heterocycles. The van der Waals surface area contributed by atoms with Gasteiger partial charge in [0.2, 0.25) is 0 Å². The van der Waals surface area contributed by atoms with Crippen molar-refractivity contribution in [3.05, 3.63) is 52.9 Å². The van der Waals surface area contributed by atoms with Crippen LogP contribution in [0.1, 0.15) is 17.4 Å². The highest BCUT2D eigenvalue weighted by molar-refractivity contribution is 6.28. The molecule has 1 heterocycles. The molecule has 0 aliphatic carbocycles. The van der Waals surface area contributed by atoms with Crippen LogP contribution < -0.4 is 4.74 Å². The molecule has 1 atom stereocenters. The van der Waals surface area contributed by atoms with Crippen LogP contribution in [0.2, 0.25) is 5.22 Å². The third-order valence-corrected chi connectivity index (χ3v) is 2.69. The molecule has 0 spiro atoms. The summed E-state index contributed by atoms with van der Waals surface area (Å²) in [6, 6.07) is 7.32. The summed E-state index contributed by atoms with van der Waals surface area (Å²) in [5, 5.41) is 9.83. The van der Waals surface area contributed by atoms with Gasteiger partial charge in [-0.05, 0) is 41.9 Å². The van der Waals surface area contributed by atoms with E-state index < -0.39 is 17.8 Å². The average Bonchev–Trinajstić information content (AvgIpc) is 2.82. The number of rotatable bonds is 4. The van der Waals surface area contributed by atoms with Gasteiger partial charge in [0.25, 0.3) is 0 Å². The Balaban J connectivity index is 2.00. The van der Waals surface area contributed by atoms with E-state index in [4.69, 9.17) is 20.8 Å². The highest BCUT2D eigenvalue weighted by Crippen LogP contribution is 2.31. The van der Waals surface area contributed by atoms with E-state index in [9.17, 15) is 18.3 Å². The molecule has 1 unspecified atom stereocenters. The van der Waals surface area contributed by atoms with Gasteiger partial charge >= 0.3 is 6.18 Å². The van der Waals surface area contributed by atoms with Gasteiger partial charge in [-0.2, -0.15) is 13.2 Å². The molecule has 7 heteroatoms. The molecule has 0 aliphatic heterocycles. The molecule has 0 fully saturated rings. The fourth-order valence-electron chi connectivity index (χ4n) is 1.53. The number of alkyl halides is 3. The van der Waals surface area contributed by atoms with E-state index in [0.717, 1.165) is 12.1 Å². The zero-order chi connectivity index (χ0) is 14.8. The van der Waals surface area contributed by atoms with Crippen LogP contribution in [0.4, 0.5) is 13.2 Å². The van der Waals surface area contributed by atoms with Crippen LogP contribution in [0, 0.1) is 0 Å². The molecule has 1 aromatic carbocycles. The third kappa shape index (κ3) is 3.68. The van der Waals surface area contributed by atoms with Crippen molar-refractivity contribution in [3.63, 3.8) is 0 Å². The minimum atomic E-state index is -4.44. The topological polar surface area (TPSA) is 42.6 Å². The van der Waals surface area contributed by atoms with E-state index in [-0.39, 0.29) is 23.3 Å². The van der Waals surface area contributed by atoms with E-state index in [1.807, 2.05) is 0 Å². The predicted octanol–water partition coefficient (Wildman–Crippen LogP) is 4.06. The fourth-order valence-corrected chi connectivity index (χ4v) is 1.68. The number of aliphatic hydroxyl groups excluding tert-OH is 1. The Morgan fingerprint density at radius 2 is 2.00 bits per heavy atom. The largest absolute Gasteiger partial charge is 0.490 e. The first-order valence-electron chi connectivity index (χ1n) is 5.59. The quantitative estimate of drug-likeness (QED) is 0.926. The summed E-state index contributed by atoms with van der Waals surface area (Å²) in [6.07, 6.45) is -5.55. The summed E-state index contributed by atoms with van der Waals surface area (Å²) < 4.78 is 47.6. The first kappa shape index (κ1) is 14.7. The third-order valence-electron chi connectivity index (χ3n) is 2.49. The monoisotopic (exact) mass is 306 g/mol. The number of hydrogen-bond donors (Lipinski definition) is 1. The van der Waals surface area contributed by atoms with E-state index >= 15 is 0 Å². The summed E-state index contributed by atoms with van der Waals surface area (Å²) in [6.45, 7) is -0.245. The summed E-state index contributed by atoms with van der Waals surface area (Å²) in [5.41, 5.74) is -0.814. The molecule has 0 aliphatic rings. The van der Waals surface area contributed by atoms with Gasteiger partial charge in [-0.15, -0.1) is 0 Å². The zero-order valence-corrected chi connectivity index (χ0v) is 10.8. The van der Waals surface area contributed by atoms with Crippen molar-refractivity contribution >= 4 is 11.6 Å². The number of ether oxygens (including phenoxy) is 1. The molecule has 3 nitrogen and oxygen atoms in total. The lowest BCUT2D eigenvalue weighted by atomic mass is 10.2. The van der Waals surface area contributed by atoms with Crippen LogP contribution in [0.15, 0.2) is 40.8 Å². The lowest BCUT2D eigenvalue weighted by Gasteiger charge is -2.12. The van der Waals surface area contributed by atoms with Crippen molar-refractivity contribution in [2.75, 3.05) is 6.61 Å². The molecular weight excluding hydrogens is 297 g/mol. The highest BCUT2D eigenvalue weighted by atomic mass is 35.5. The second-order valence-electron chi connectivity index (χ2n) is 3.99. The van der Waals surface area contributed by atoms with E-state index in [2.05, 4.69) is 0 Å². The van der Waals surface area contributed by atoms with Crippen LogP contribution in [0.25, 0.3) is 0 Å². The number of hydrogen-bond acceptors (Lipinski definition) is 3. The Morgan fingerprint density at radius 1 is 1.25 bits per heavy atom. The minimum Gasteiger partial charge on any atom is -0.490 e. The molecule has 2 rings (SSSR count). The Labute approximate surface area is 117 Å². The summed E-state index contributed by atoms with van der Waals surface area (Å²) in [7, 11) is 0. The molecule has 0 saturated heterocycles. The van der Waals surface area contributed by atoms with E-state index in [1.165, 1.54) is 24.3 Å². The van der Waals surface area contributed by atoms with Gasteiger partial charge < -0.3 is 14.3 Å². The van der Waals surface area contributed by atoms with Gasteiger partial charge in [-0.25, -0.2) is 0 Å². The number of benzene rings is 1. The minimum absolute atomic E-state index is 0.0107. The molecule has 1 N–H and O–H groups in total. The molecule has 0 saturated carbocycles. The first-order chi connectivity index (χ1) is 9.36. The second kappa shape index (κ2) is 5.76. The van der Waals surface area contributed by atoms with Crippen molar-refractivity contribution in [2.45, 2.75) is 12.3 Å². The zero-order valence-electron chi connectivity index (χ0n) is 10.0. The van der Waals surface area contributed by atoms with Crippen molar-refractivity contribution < 1.29 is 27.4 Å². The molecular formula is C13H10ClF3O3. The average molecular weight is 307 g/mol. The van der Waals surface area contributed by atoms with Gasteiger partial charge in [0.05, 0.1) is 5.56 Å². The van der Waals surface area contributed by atoms with Crippen molar-refractivity contribution in [3.8, 4) is 5.75 Å². The number of aliphatic hydroxyl groups is 1. The molecule has 0 amide bonds. The maximum atomic E-state index is 12.5. The fraction of sp³-hybridized carbons (Fsp3) is 0.231. The summed E-state index contributed by atoms with van der Waals surface area (Å²) >= 11 is 5.55. The molecule has 0 radical (unpaired) electrons. The second-order valence-corrected chi connectivity index (χ2v) is 4.37. The van der Waals surface area contributed by atoms with Gasteiger partial charge in [-0.1, -0.05) is 6.07 Å². The van der Waals surface area contributed by atoms with Crippen molar-refractivity contribution in [1.29, 1.82) is 0 Å². The summed E-state index contributed by atoms with van der Waals surface area (Å²) in [4.78, 5) is 0. The van der Waals surface area contributed by atoms with Crippen LogP contribution in [-0.2, 0) is 6.18 Å². The molecule has 108 valence electrons. The van der Waals surface area contributed by atoms with E-state index in [0.29, 0.717) is 0 Å². The smallest absolute Gasteiger partial charge is 0.416 e. The van der Waals surface area contributed by atoms with Gasteiger partial charge in [0.15, 0.2) is 5.22 Å². The van der Waals surface area contributed by atoms with E-state index in [1.54, 1.807) is 0 Å². The Morgan fingerprint density at radius 3 is 2.60 bits per heavy atom. The lowest BCUT2D eigenvalue weighted by Crippen LogP contribution is -2.10. The predicted molar refractivity (Wildman–Crippen MR) is 65.6 cm³/mol. The van der Waals surface area contributed by atoms with Gasteiger partial charge in [-0.3, -0.25) is 0 Å². The van der Waals surface area contributed by atoms with Crippen molar-refractivity contribution in [1.82, 2.24) is 0 Å². The van der Waals surface area contributed by atoms with Crippen LogP contribution in [0.3, 0.4) is 0 Å². The van der Waals surface area contributed by atoms with Crippen LogP contribution >= 0.6 is 11.6 Å². The van der Waals surface area contributed by atoms with Crippen LogP contribution in [0.5, 0.6) is 5.75 Å². The normalized spacial score (nSPS) is 13.2. The first-order valence-corrected chi connectivity index (χ1v) is 5.97. The molecule has 0 bridgehead atoms.